The normalized spacial score (nSPS) is 16.9. The zero-order valence-electron chi connectivity index (χ0n) is 22.6. The van der Waals surface area contributed by atoms with Gasteiger partial charge in [0.1, 0.15) is 0 Å². The van der Waals surface area contributed by atoms with Crippen LogP contribution in [0, 0.1) is 6.42 Å². The maximum absolute atomic E-state index is 13.9. The molecule has 1 nitrogen and oxygen atoms in total. The molecular weight excluding hydrogens is 633 g/mol. The average Bonchev–Trinajstić information content (AvgIpc) is 3.35. The molecule has 4 rings (SSSR count). The van der Waals surface area contributed by atoms with E-state index in [1.165, 1.54) is 12.2 Å². The molecule has 0 saturated carbocycles. The lowest BCUT2D eigenvalue weighted by atomic mass is 9.92. The molecule has 0 aromatic heterocycles. The van der Waals surface area contributed by atoms with Gasteiger partial charge in [-0.05, 0) is 104 Å². The van der Waals surface area contributed by atoms with Crippen LogP contribution in [0.5, 0.6) is 0 Å². The molecule has 0 heterocycles. The third-order valence-electron chi connectivity index (χ3n) is 6.73. The van der Waals surface area contributed by atoms with Gasteiger partial charge < -0.3 is 0 Å². The van der Waals surface area contributed by atoms with Crippen molar-refractivity contribution in [2.45, 2.75) is 37.2 Å². The number of likely N-dealkylation sites (N-methyl/N-ethyl adjacent to an activating group) is 1. The summed E-state index contributed by atoms with van der Waals surface area (Å²) in [6.07, 6.45) is -11.4. The molecule has 44 heavy (non-hydrogen) atoms. The quantitative estimate of drug-likeness (QED) is 0.171. The van der Waals surface area contributed by atoms with Crippen LogP contribution in [0.4, 0.5) is 52.7 Å². The molecule has 0 unspecified atom stereocenters. The fraction of sp³-hybridized carbons (Fsp3) is 0.267. The number of alkyl halides is 12. The highest BCUT2D eigenvalue weighted by Crippen LogP contribution is 2.51. The van der Waals surface area contributed by atoms with E-state index in [2.05, 4.69) is 5.73 Å². The molecule has 2 aromatic carbocycles. The molecule has 1 atom stereocenters. The van der Waals surface area contributed by atoms with Crippen molar-refractivity contribution < 1.29 is 52.7 Å². The summed E-state index contributed by atoms with van der Waals surface area (Å²) in [4.78, 5) is 1.67. The fourth-order valence-electron chi connectivity index (χ4n) is 4.88. The van der Waals surface area contributed by atoms with Gasteiger partial charge in [0.25, 0.3) is 0 Å². The van der Waals surface area contributed by atoms with Gasteiger partial charge in [-0.1, -0.05) is 18.2 Å². The molecule has 0 bridgehead atoms. The third kappa shape index (κ3) is 7.33. The lowest BCUT2D eigenvalue weighted by molar-refractivity contribution is -0.144. The maximum Gasteiger partial charge on any atom is 0.416 e. The van der Waals surface area contributed by atoms with Gasteiger partial charge in [0.05, 0.1) is 28.3 Å². The summed E-state index contributed by atoms with van der Waals surface area (Å²) in [5, 5.41) is -1.52. The van der Waals surface area contributed by atoms with Gasteiger partial charge in [-0.3, -0.25) is 4.90 Å². The Labute approximate surface area is 245 Å². The van der Waals surface area contributed by atoms with Crippen LogP contribution in [-0.2, 0) is 24.7 Å². The Kier molecular flexibility index (Phi) is 9.10. The van der Waals surface area contributed by atoms with E-state index in [0.29, 0.717) is 36.3 Å². The number of allylic oxidation sites excluding steroid dienone is 4. The zero-order chi connectivity index (χ0) is 32.8. The first kappa shape index (κ1) is 33.6. The lowest BCUT2D eigenvalue weighted by Gasteiger charge is -2.32. The van der Waals surface area contributed by atoms with E-state index in [9.17, 15) is 52.7 Å². The topological polar surface area (TPSA) is 3.24 Å². The molecule has 235 valence electrons. The molecule has 2 aromatic rings. The van der Waals surface area contributed by atoms with Crippen molar-refractivity contribution in [3.05, 3.63) is 118 Å². The largest absolute Gasteiger partial charge is 0.416 e. The number of hydrogen-bond acceptors (Lipinski definition) is 1. The monoisotopic (exact) mass is 654 g/mol. The molecule has 2 aliphatic carbocycles. The van der Waals surface area contributed by atoms with E-state index in [1.807, 2.05) is 0 Å². The van der Waals surface area contributed by atoms with E-state index in [4.69, 9.17) is 0 Å². The van der Waals surface area contributed by atoms with E-state index >= 15 is 0 Å². The molecule has 2 aliphatic rings. The van der Waals surface area contributed by atoms with E-state index in [-0.39, 0.29) is 23.0 Å². The summed E-state index contributed by atoms with van der Waals surface area (Å²) in [5.74, 6) is 0. The van der Waals surface area contributed by atoms with Crippen LogP contribution >= 0.6 is 7.92 Å². The molecule has 0 aliphatic heterocycles. The Morgan fingerprint density at radius 3 is 1.43 bits per heavy atom. The van der Waals surface area contributed by atoms with Gasteiger partial charge in [-0.25, -0.2) is 0 Å². The predicted octanol–water partition coefficient (Wildman–Crippen LogP) is 9.19. The first-order chi connectivity index (χ1) is 20.2. The van der Waals surface area contributed by atoms with Crippen LogP contribution in [0.1, 0.15) is 28.7 Å². The van der Waals surface area contributed by atoms with E-state index < -0.39 is 71.5 Å². The molecule has 0 spiro atoms. The molecule has 1 radical (unpaired) electrons. The molecular formula is C30H21F12NP. The minimum Gasteiger partial charge on any atom is -0.299 e. The minimum absolute atomic E-state index is 0.0472. The third-order valence-corrected chi connectivity index (χ3v) is 9.15. The second-order valence-corrected chi connectivity index (χ2v) is 12.3. The summed E-state index contributed by atoms with van der Waals surface area (Å²) in [6.45, 7) is 0. The van der Waals surface area contributed by atoms with Crippen molar-refractivity contribution in [2.24, 2.45) is 0 Å². The second kappa shape index (κ2) is 11.9. The lowest BCUT2D eigenvalue weighted by Crippen LogP contribution is -2.32. The Bertz CT molecular complexity index is 1440. The summed E-state index contributed by atoms with van der Waals surface area (Å²) < 4.78 is 166. The number of halogens is 12. The number of benzene rings is 2. The van der Waals surface area contributed by atoms with Crippen molar-refractivity contribution in [3.63, 3.8) is 0 Å². The number of rotatable bonds is 6. The summed E-state index contributed by atoms with van der Waals surface area (Å²) in [5.41, 5.74) is -3.33. The van der Waals surface area contributed by atoms with E-state index in [0.717, 1.165) is 0 Å². The van der Waals surface area contributed by atoms with Crippen LogP contribution in [0.3, 0.4) is 0 Å². The number of hydrogen-bond donors (Lipinski definition) is 0. The maximum atomic E-state index is 13.9. The average molecular weight is 654 g/mol. The van der Waals surface area contributed by atoms with Crippen molar-refractivity contribution in [1.82, 2.24) is 4.90 Å². The van der Waals surface area contributed by atoms with Gasteiger partial charge in [0.2, 0.25) is 0 Å². The van der Waals surface area contributed by atoms with Crippen LogP contribution in [0.15, 0.2) is 89.0 Å². The van der Waals surface area contributed by atoms with Gasteiger partial charge in [0.15, 0.2) is 0 Å². The SMILES string of the molecule is CN(C)[C@@H](C1=C[CH]C=CC1)C1=C(P(c2cc(C(F)(F)F)cc(C(F)(F)F)c2)c2cc(C(F)(F)F)cc(C(F)(F)F)c2)C=C=C1. The van der Waals surface area contributed by atoms with Gasteiger partial charge in [-0.15, -0.1) is 5.73 Å². The second-order valence-electron chi connectivity index (χ2n) is 10.1. The molecule has 0 fully saturated rings. The van der Waals surface area contributed by atoms with Gasteiger partial charge >= 0.3 is 24.7 Å². The number of nitrogens with zero attached hydrogens (tertiary/aromatic N) is 1. The molecule has 0 amide bonds. The highest BCUT2D eigenvalue weighted by atomic mass is 31.1. The van der Waals surface area contributed by atoms with Crippen molar-refractivity contribution in [1.29, 1.82) is 0 Å². The Hall–Kier alpha value is -3.27. The first-order valence-corrected chi connectivity index (χ1v) is 13.9. The zero-order valence-corrected chi connectivity index (χ0v) is 23.5. The Balaban J connectivity index is 2.12. The van der Waals surface area contributed by atoms with Gasteiger partial charge in [0, 0.05) is 6.42 Å². The predicted molar refractivity (Wildman–Crippen MR) is 142 cm³/mol. The van der Waals surface area contributed by atoms with Crippen LogP contribution in [0.2, 0.25) is 0 Å². The van der Waals surface area contributed by atoms with Crippen molar-refractivity contribution in [3.8, 4) is 0 Å². The van der Waals surface area contributed by atoms with Crippen LogP contribution in [-0.4, -0.2) is 25.0 Å². The van der Waals surface area contributed by atoms with Gasteiger partial charge in [-0.2, -0.15) is 52.7 Å². The highest BCUT2D eigenvalue weighted by Gasteiger charge is 2.41. The smallest absolute Gasteiger partial charge is 0.299 e. The Morgan fingerprint density at radius 2 is 1.09 bits per heavy atom. The van der Waals surface area contributed by atoms with Crippen molar-refractivity contribution >= 4 is 18.5 Å². The van der Waals surface area contributed by atoms with Crippen molar-refractivity contribution in [2.75, 3.05) is 14.1 Å². The van der Waals surface area contributed by atoms with Crippen LogP contribution in [0.25, 0.3) is 0 Å². The fourth-order valence-corrected chi connectivity index (χ4v) is 7.46. The summed E-state index contributed by atoms with van der Waals surface area (Å²) >= 11 is 0. The highest BCUT2D eigenvalue weighted by molar-refractivity contribution is 7.77. The summed E-state index contributed by atoms with van der Waals surface area (Å²) in [6, 6.07) is 0.361. The first-order valence-electron chi connectivity index (χ1n) is 12.6. The molecule has 14 heteroatoms. The summed E-state index contributed by atoms with van der Waals surface area (Å²) in [7, 11) is 0.377. The molecule has 0 saturated heterocycles. The van der Waals surface area contributed by atoms with E-state index in [1.54, 1.807) is 43.6 Å². The molecule has 0 N–H and O–H groups in total. The minimum atomic E-state index is -5.32. The van der Waals surface area contributed by atoms with Crippen LogP contribution < -0.4 is 10.6 Å². The standard InChI is InChI=1S/C30H21F12NP/c1-43(2)26(17-7-4-3-5-8-17)24-9-6-10-25(24)44(22-13-18(27(31,32)33)11-19(14-22)28(34,35)36)23-15-20(29(37,38)39)12-21(16-23)30(40,41)42/h3-5,7,9-16,26H,8H2,1-2H3/t26-/m0/s1. The Morgan fingerprint density at radius 1 is 0.659 bits per heavy atom.